The molecule has 16 heavy (non-hydrogen) atoms. The Morgan fingerprint density at radius 1 is 1.25 bits per heavy atom. The quantitative estimate of drug-likeness (QED) is 0.819. The standard InChI is InChI=1S/C12H13N3O/c1-8-11(7-12(16)13-2)15-10-6-4-3-5-9(10)14-8/h3-6H,7H2,1-2H3,(H,13,16). The lowest BCUT2D eigenvalue weighted by Crippen LogP contribution is -2.21. The van der Waals surface area contributed by atoms with Gasteiger partial charge < -0.3 is 5.32 Å². The lowest BCUT2D eigenvalue weighted by molar-refractivity contribution is -0.120. The fraction of sp³-hybridized carbons (Fsp3) is 0.250. The molecule has 0 aliphatic carbocycles. The highest BCUT2D eigenvalue weighted by Crippen LogP contribution is 2.12. The second kappa shape index (κ2) is 4.26. The minimum absolute atomic E-state index is 0.0484. The summed E-state index contributed by atoms with van der Waals surface area (Å²) in [5.74, 6) is -0.0484. The van der Waals surface area contributed by atoms with E-state index >= 15 is 0 Å². The fourth-order valence-electron chi connectivity index (χ4n) is 1.53. The van der Waals surface area contributed by atoms with Crippen molar-refractivity contribution < 1.29 is 4.79 Å². The van der Waals surface area contributed by atoms with Crippen LogP contribution in [0.15, 0.2) is 24.3 Å². The molecule has 1 heterocycles. The summed E-state index contributed by atoms with van der Waals surface area (Å²) < 4.78 is 0. The largest absolute Gasteiger partial charge is 0.359 e. The third kappa shape index (κ3) is 2.00. The molecule has 82 valence electrons. The van der Waals surface area contributed by atoms with Crippen molar-refractivity contribution in [2.45, 2.75) is 13.3 Å². The Kier molecular flexibility index (Phi) is 2.81. The van der Waals surface area contributed by atoms with E-state index in [1.54, 1.807) is 7.05 Å². The van der Waals surface area contributed by atoms with Gasteiger partial charge in [-0.3, -0.25) is 4.79 Å². The van der Waals surface area contributed by atoms with Crippen molar-refractivity contribution in [1.29, 1.82) is 0 Å². The first-order valence-corrected chi connectivity index (χ1v) is 5.13. The van der Waals surface area contributed by atoms with Crippen LogP contribution in [0.4, 0.5) is 0 Å². The summed E-state index contributed by atoms with van der Waals surface area (Å²) in [6, 6.07) is 7.65. The maximum Gasteiger partial charge on any atom is 0.225 e. The van der Waals surface area contributed by atoms with Gasteiger partial charge in [0, 0.05) is 7.05 Å². The van der Waals surface area contributed by atoms with Gasteiger partial charge in [0.1, 0.15) is 0 Å². The molecule has 2 aromatic rings. The van der Waals surface area contributed by atoms with Gasteiger partial charge in [0.15, 0.2) is 0 Å². The molecule has 0 atom stereocenters. The number of para-hydroxylation sites is 2. The SMILES string of the molecule is CNC(=O)Cc1nc2ccccc2nc1C. The van der Waals surface area contributed by atoms with Gasteiger partial charge in [-0.2, -0.15) is 0 Å². The van der Waals surface area contributed by atoms with Gasteiger partial charge in [-0.25, -0.2) is 9.97 Å². The van der Waals surface area contributed by atoms with Gasteiger partial charge in [0.2, 0.25) is 5.91 Å². The van der Waals surface area contributed by atoms with Crippen LogP contribution in [0.25, 0.3) is 11.0 Å². The summed E-state index contributed by atoms with van der Waals surface area (Å²) in [6.07, 6.45) is 0.278. The number of rotatable bonds is 2. The predicted octanol–water partition coefficient (Wildman–Crippen LogP) is 1.23. The van der Waals surface area contributed by atoms with E-state index in [1.165, 1.54) is 0 Å². The van der Waals surface area contributed by atoms with Crippen LogP contribution in [0, 0.1) is 6.92 Å². The molecule has 0 bridgehead atoms. The Morgan fingerprint density at radius 2 is 1.88 bits per heavy atom. The Morgan fingerprint density at radius 3 is 2.50 bits per heavy atom. The smallest absolute Gasteiger partial charge is 0.225 e. The first kappa shape index (κ1) is 10.5. The number of carbonyl (C=O) groups is 1. The highest BCUT2D eigenvalue weighted by atomic mass is 16.1. The second-order valence-corrected chi connectivity index (χ2v) is 3.59. The Balaban J connectivity index is 2.46. The van der Waals surface area contributed by atoms with Gasteiger partial charge in [-0.1, -0.05) is 12.1 Å². The number of hydrogen-bond donors (Lipinski definition) is 1. The van der Waals surface area contributed by atoms with Crippen LogP contribution in [0.1, 0.15) is 11.4 Å². The molecule has 1 aromatic carbocycles. The van der Waals surface area contributed by atoms with Crippen molar-refractivity contribution in [3.63, 3.8) is 0 Å². The number of aryl methyl sites for hydroxylation is 1. The average molecular weight is 215 g/mol. The number of nitrogens with zero attached hydrogens (tertiary/aromatic N) is 2. The van der Waals surface area contributed by atoms with E-state index in [9.17, 15) is 4.79 Å². The van der Waals surface area contributed by atoms with Crippen molar-refractivity contribution in [3.8, 4) is 0 Å². The second-order valence-electron chi connectivity index (χ2n) is 3.59. The third-order valence-electron chi connectivity index (χ3n) is 2.45. The van der Waals surface area contributed by atoms with Crippen LogP contribution in [-0.4, -0.2) is 22.9 Å². The zero-order chi connectivity index (χ0) is 11.5. The summed E-state index contributed by atoms with van der Waals surface area (Å²) in [4.78, 5) is 20.2. The monoisotopic (exact) mass is 215 g/mol. The summed E-state index contributed by atoms with van der Waals surface area (Å²) >= 11 is 0. The Labute approximate surface area is 93.7 Å². The van der Waals surface area contributed by atoms with Crippen molar-refractivity contribution in [2.75, 3.05) is 7.05 Å². The van der Waals surface area contributed by atoms with Crippen LogP contribution >= 0.6 is 0 Å². The molecule has 0 saturated heterocycles. The Hall–Kier alpha value is -1.97. The van der Waals surface area contributed by atoms with Crippen LogP contribution in [0.2, 0.25) is 0 Å². The van der Waals surface area contributed by atoms with Crippen LogP contribution < -0.4 is 5.32 Å². The molecule has 1 N–H and O–H groups in total. The predicted molar refractivity (Wildman–Crippen MR) is 62.0 cm³/mol. The Bertz CT molecular complexity index is 537. The van der Waals surface area contributed by atoms with E-state index in [1.807, 2.05) is 31.2 Å². The molecular formula is C12H13N3O. The van der Waals surface area contributed by atoms with E-state index in [4.69, 9.17) is 0 Å². The number of hydrogen-bond acceptors (Lipinski definition) is 3. The molecule has 4 nitrogen and oxygen atoms in total. The molecule has 0 spiro atoms. The van der Waals surface area contributed by atoms with E-state index < -0.39 is 0 Å². The molecule has 0 saturated carbocycles. The number of nitrogens with one attached hydrogen (secondary N) is 1. The molecular weight excluding hydrogens is 202 g/mol. The summed E-state index contributed by atoms with van der Waals surface area (Å²) in [7, 11) is 1.62. The maximum atomic E-state index is 11.3. The zero-order valence-electron chi connectivity index (χ0n) is 9.32. The number of carbonyl (C=O) groups excluding carboxylic acids is 1. The van der Waals surface area contributed by atoms with Gasteiger partial charge in [0.05, 0.1) is 28.8 Å². The lowest BCUT2D eigenvalue weighted by atomic mass is 10.2. The van der Waals surface area contributed by atoms with Crippen LogP contribution in [0.5, 0.6) is 0 Å². The molecule has 4 heteroatoms. The van der Waals surface area contributed by atoms with E-state index in [0.29, 0.717) is 0 Å². The molecule has 1 amide bonds. The minimum Gasteiger partial charge on any atom is -0.359 e. The van der Waals surface area contributed by atoms with E-state index in [2.05, 4.69) is 15.3 Å². The number of amides is 1. The first-order chi connectivity index (χ1) is 7.70. The van der Waals surface area contributed by atoms with E-state index in [-0.39, 0.29) is 12.3 Å². The average Bonchev–Trinajstić information content (AvgIpc) is 2.30. The van der Waals surface area contributed by atoms with Gasteiger partial charge >= 0.3 is 0 Å². The van der Waals surface area contributed by atoms with Crippen LogP contribution in [-0.2, 0) is 11.2 Å². The summed E-state index contributed by atoms with van der Waals surface area (Å²) in [5.41, 5.74) is 3.23. The molecule has 0 aliphatic heterocycles. The fourth-order valence-corrected chi connectivity index (χ4v) is 1.53. The number of likely N-dealkylation sites (N-methyl/N-ethyl adjacent to an activating group) is 1. The molecule has 0 radical (unpaired) electrons. The van der Waals surface area contributed by atoms with Gasteiger partial charge in [-0.15, -0.1) is 0 Å². The topological polar surface area (TPSA) is 54.9 Å². The molecule has 0 fully saturated rings. The van der Waals surface area contributed by atoms with E-state index in [0.717, 1.165) is 22.4 Å². The van der Waals surface area contributed by atoms with Crippen molar-refractivity contribution in [1.82, 2.24) is 15.3 Å². The van der Waals surface area contributed by atoms with Crippen molar-refractivity contribution in [2.24, 2.45) is 0 Å². The molecule has 0 aliphatic rings. The van der Waals surface area contributed by atoms with Gasteiger partial charge in [-0.05, 0) is 19.1 Å². The number of aromatic nitrogens is 2. The number of fused-ring (bicyclic) bond motifs is 1. The zero-order valence-corrected chi connectivity index (χ0v) is 9.32. The lowest BCUT2D eigenvalue weighted by Gasteiger charge is -2.05. The maximum absolute atomic E-state index is 11.3. The highest BCUT2D eigenvalue weighted by Gasteiger charge is 2.08. The van der Waals surface area contributed by atoms with Crippen LogP contribution in [0.3, 0.4) is 0 Å². The summed E-state index contributed by atoms with van der Waals surface area (Å²) in [6.45, 7) is 1.87. The van der Waals surface area contributed by atoms with Crippen molar-refractivity contribution >= 4 is 16.9 Å². The highest BCUT2D eigenvalue weighted by molar-refractivity contribution is 5.79. The normalized spacial score (nSPS) is 10.4. The number of benzene rings is 1. The third-order valence-corrected chi connectivity index (χ3v) is 2.45. The summed E-state index contributed by atoms with van der Waals surface area (Å²) in [5, 5.41) is 2.58. The molecule has 2 rings (SSSR count). The minimum atomic E-state index is -0.0484. The van der Waals surface area contributed by atoms with Crippen molar-refractivity contribution in [3.05, 3.63) is 35.7 Å². The molecule has 1 aromatic heterocycles. The first-order valence-electron chi connectivity index (χ1n) is 5.13. The molecule has 0 unspecified atom stereocenters. The van der Waals surface area contributed by atoms with Gasteiger partial charge in [0.25, 0.3) is 0 Å².